The molecule has 0 bridgehead atoms. The van der Waals surface area contributed by atoms with Crippen molar-refractivity contribution < 1.29 is 13.2 Å². The smallest absolute Gasteiger partial charge is 0.254 e. The second kappa shape index (κ2) is 5.65. The third-order valence-electron chi connectivity index (χ3n) is 1.94. The van der Waals surface area contributed by atoms with E-state index in [-0.39, 0.29) is 6.54 Å². The molecule has 94 valence electrons. The van der Waals surface area contributed by atoms with Gasteiger partial charge in [0.05, 0.1) is 11.9 Å². The van der Waals surface area contributed by atoms with Crippen LogP contribution >= 0.6 is 22.6 Å². The van der Waals surface area contributed by atoms with Gasteiger partial charge in [0.15, 0.2) is 0 Å². The number of hydrogen-bond acceptors (Lipinski definition) is 4. The number of sulfonamides is 1. The van der Waals surface area contributed by atoms with Crippen LogP contribution in [0.25, 0.3) is 0 Å². The molecule has 0 radical (unpaired) electrons. The van der Waals surface area contributed by atoms with Gasteiger partial charge in [-0.3, -0.25) is 14.5 Å². The van der Waals surface area contributed by atoms with Gasteiger partial charge in [-0.1, -0.05) is 6.07 Å². The molecule has 17 heavy (non-hydrogen) atoms. The van der Waals surface area contributed by atoms with E-state index in [0.29, 0.717) is 5.69 Å². The first-order chi connectivity index (χ1) is 7.84. The maximum absolute atomic E-state index is 11.6. The summed E-state index contributed by atoms with van der Waals surface area (Å²) in [5, 5.41) is 0. The Morgan fingerprint density at radius 2 is 2.18 bits per heavy atom. The summed E-state index contributed by atoms with van der Waals surface area (Å²) in [4.78, 5) is 11.2. The summed E-state index contributed by atoms with van der Waals surface area (Å²) < 4.78 is 25.1. The normalized spacial score (nSPS) is 11.0. The number of hydrogen-bond donors (Lipinski definition) is 2. The largest absolute Gasteiger partial charge is 0.293 e. The topological polar surface area (TPSA) is 92.5 Å². The fourth-order valence-electron chi connectivity index (χ4n) is 1.21. The van der Waals surface area contributed by atoms with E-state index in [4.69, 9.17) is 5.84 Å². The van der Waals surface area contributed by atoms with Crippen LogP contribution < -0.4 is 15.6 Å². The van der Waals surface area contributed by atoms with E-state index >= 15 is 0 Å². The molecular weight excluding hydrogens is 357 g/mol. The van der Waals surface area contributed by atoms with Gasteiger partial charge in [-0.2, -0.15) is 0 Å². The molecule has 1 rings (SSSR count). The van der Waals surface area contributed by atoms with Gasteiger partial charge in [-0.15, -0.1) is 0 Å². The second-order valence-corrected chi connectivity index (χ2v) is 6.47. The minimum Gasteiger partial charge on any atom is -0.293 e. The lowest BCUT2D eigenvalue weighted by atomic mass is 10.3. The number of benzene rings is 1. The fourth-order valence-corrected chi connectivity index (χ4v) is 2.58. The lowest BCUT2D eigenvalue weighted by Crippen LogP contribution is -2.42. The molecule has 0 atom stereocenters. The maximum Gasteiger partial charge on any atom is 0.254 e. The molecule has 8 heteroatoms. The van der Waals surface area contributed by atoms with Crippen LogP contribution in [0.15, 0.2) is 24.3 Å². The van der Waals surface area contributed by atoms with Crippen molar-refractivity contribution >= 4 is 44.2 Å². The molecule has 0 spiro atoms. The van der Waals surface area contributed by atoms with Crippen LogP contribution in [0.3, 0.4) is 0 Å². The van der Waals surface area contributed by atoms with Crippen molar-refractivity contribution in [2.75, 3.05) is 17.1 Å². The molecule has 1 aromatic carbocycles. The van der Waals surface area contributed by atoms with Crippen molar-refractivity contribution in [2.45, 2.75) is 0 Å². The monoisotopic (exact) mass is 369 g/mol. The molecule has 6 nitrogen and oxygen atoms in total. The van der Waals surface area contributed by atoms with Gasteiger partial charge in [0, 0.05) is 3.57 Å². The maximum atomic E-state index is 11.6. The average molecular weight is 369 g/mol. The van der Waals surface area contributed by atoms with Crippen LogP contribution in [0.5, 0.6) is 0 Å². The van der Waals surface area contributed by atoms with Gasteiger partial charge in [0.2, 0.25) is 10.0 Å². The van der Waals surface area contributed by atoms with E-state index in [1.54, 1.807) is 18.2 Å². The molecule has 0 aliphatic rings. The van der Waals surface area contributed by atoms with Crippen LogP contribution in [-0.2, 0) is 14.8 Å². The molecule has 0 unspecified atom stereocenters. The predicted molar refractivity (Wildman–Crippen MR) is 73.7 cm³/mol. The van der Waals surface area contributed by atoms with Gasteiger partial charge in [0.1, 0.15) is 6.54 Å². The molecule has 1 aromatic rings. The number of carbonyl (C=O) groups is 1. The lowest BCUT2D eigenvalue weighted by Gasteiger charge is -2.21. The van der Waals surface area contributed by atoms with Crippen molar-refractivity contribution in [3.8, 4) is 0 Å². The summed E-state index contributed by atoms with van der Waals surface area (Å²) in [5.41, 5.74) is 2.34. The summed E-state index contributed by atoms with van der Waals surface area (Å²) in [6.45, 7) is -0.338. The van der Waals surface area contributed by atoms with E-state index in [9.17, 15) is 13.2 Å². The first kappa shape index (κ1) is 14.2. The Balaban J connectivity index is 3.12. The molecule has 0 aromatic heterocycles. The number of hydrazine groups is 1. The zero-order valence-electron chi connectivity index (χ0n) is 9.05. The Kier molecular flexibility index (Phi) is 4.71. The van der Waals surface area contributed by atoms with Crippen molar-refractivity contribution in [1.29, 1.82) is 0 Å². The first-order valence-electron chi connectivity index (χ1n) is 4.57. The third kappa shape index (κ3) is 4.13. The Hall–Kier alpha value is -0.870. The number of anilines is 1. The first-order valence-corrected chi connectivity index (χ1v) is 7.50. The van der Waals surface area contributed by atoms with Crippen LogP contribution in [0.2, 0.25) is 0 Å². The zero-order valence-corrected chi connectivity index (χ0v) is 12.0. The zero-order chi connectivity index (χ0) is 13.1. The molecular formula is C9H12IN3O3S. The van der Waals surface area contributed by atoms with Gasteiger partial charge < -0.3 is 0 Å². The molecule has 0 fully saturated rings. The highest BCUT2D eigenvalue weighted by Crippen LogP contribution is 2.19. The van der Waals surface area contributed by atoms with Crippen LogP contribution in [0.4, 0.5) is 5.69 Å². The Morgan fingerprint density at radius 1 is 1.53 bits per heavy atom. The van der Waals surface area contributed by atoms with E-state index < -0.39 is 15.9 Å². The number of nitrogens with one attached hydrogen (secondary N) is 1. The van der Waals surface area contributed by atoms with Crippen molar-refractivity contribution in [1.82, 2.24) is 5.43 Å². The van der Waals surface area contributed by atoms with E-state index in [0.717, 1.165) is 14.1 Å². The average Bonchev–Trinajstić information content (AvgIpc) is 2.23. The summed E-state index contributed by atoms with van der Waals surface area (Å²) in [6.07, 6.45) is 1.04. The summed E-state index contributed by atoms with van der Waals surface area (Å²) in [7, 11) is -3.53. The highest BCUT2D eigenvalue weighted by atomic mass is 127. The number of halogens is 1. The lowest BCUT2D eigenvalue weighted by molar-refractivity contribution is -0.119. The fraction of sp³-hybridized carbons (Fsp3) is 0.222. The van der Waals surface area contributed by atoms with Gasteiger partial charge in [-0.05, 0) is 40.8 Å². The van der Waals surface area contributed by atoms with Gasteiger partial charge >= 0.3 is 0 Å². The quantitative estimate of drug-likeness (QED) is 0.340. The standard InChI is InChI=1S/C9H12IN3O3S/c1-17(15,16)13(6-9(14)12-11)8-4-2-3-7(10)5-8/h2-5H,6,11H2,1H3,(H,12,14). The van der Waals surface area contributed by atoms with Gasteiger partial charge in [-0.25, -0.2) is 14.3 Å². The molecule has 0 saturated heterocycles. The van der Waals surface area contributed by atoms with Gasteiger partial charge in [0.25, 0.3) is 5.91 Å². The van der Waals surface area contributed by atoms with E-state index in [1.807, 2.05) is 11.5 Å². The molecule has 0 saturated carbocycles. The molecule has 1 amide bonds. The number of nitrogens with two attached hydrogens (primary N) is 1. The number of amides is 1. The summed E-state index contributed by atoms with van der Waals surface area (Å²) in [6, 6.07) is 6.83. The number of nitrogens with zero attached hydrogens (tertiary/aromatic N) is 1. The molecule has 0 heterocycles. The molecule has 0 aliphatic carbocycles. The van der Waals surface area contributed by atoms with Crippen LogP contribution in [0.1, 0.15) is 0 Å². The SMILES string of the molecule is CS(=O)(=O)N(CC(=O)NN)c1cccc(I)c1. The third-order valence-corrected chi connectivity index (χ3v) is 3.76. The van der Waals surface area contributed by atoms with Crippen LogP contribution in [0, 0.1) is 3.57 Å². The highest BCUT2D eigenvalue weighted by Gasteiger charge is 2.20. The van der Waals surface area contributed by atoms with Crippen LogP contribution in [-0.4, -0.2) is 27.1 Å². The van der Waals surface area contributed by atoms with E-state index in [1.165, 1.54) is 0 Å². The Bertz CT molecular complexity index is 518. The second-order valence-electron chi connectivity index (χ2n) is 3.32. The Morgan fingerprint density at radius 3 is 2.65 bits per heavy atom. The summed E-state index contributed by atoms with van der Waals surface area (Å²) >= 11 is 2.06. The molecule has 3 N–H and O–H groups in total. The van der Waals surface area contributed by atoms with E-state index in [2.05, 4.69) is 22.6 Å². The number of rotatable bonds is 4. The highest BCUT2D eigenvalue weighted by molar-refractivity contribution is 14.1. The van der Waals surface area contributed by atoms with Crippen molar-refractivity contribution in [3.05, 3.63) is 27.8 Å². The number of carbonyl (C=O) groups excluding carboxylic acids is 1. The minimum atomic E-state index is -3.53. The van der Waals surface area contributed by atoms with Crippen molar-refractivity contribution in [3.63, 3.8) is 0 Å². The molecule has 0 aliphatic heterocycles. The summed E-state index contributed by atoms with van der Waals surface area (Å²) in [5.74, 6) is 4.37. The predicted octanol–water partition coefficient (Wildman–Crippen LogP) is 0.0471. The Labute approximate surface area is 113 Å². The minimum absolute atomic E-state index is 0.338. The van der Waals surface area contributed by atoms with Crippen molar-refractivity contribution in [2.24, 2.45) is 5.84 Å².